The van der Waals surface area contributed by atoms with Crippen molar-refractivity contribution in [1.29, 1.82) is 0 Å². The molecule has 4 nitrogen and oxygen atoms in total. The van der Waals surface area contributed by atoms with Gasteiger partial charge in [-0.3, -0.25) is 0 Å². The van der Waals surface area contributed by atoms with Gasteiger partial charge in [0.2, 0.25) is 0 Å². The van der Waals surface area contributed by atoms with Crippen molar-refractivity contribution in [2.45, 2.75) is 90.3 Å². The molecule has 0 radical (unpaired) electrons. The Kier molecular flexibility index (Phi) is 5.62. The normalized spacial score (nSPS) is 44.7. The number of aliphatic hydroxyl groups excluding tert-OH is 1. The molecular formula is C19H34O4. The second kappa shape index (κ2) is 6.83. The summed E-state index contributed by atoms with van der Waals surface area (Å²) in [5.74, 6) is 0.305. The molecule has 0 bridgehead atoms. The Hall–Kier alpha value is -0.420. The lowest BCUT2D eigenvalue weighted by atomic mass is 9.63. The van der Waals surface area contributed by atoms with E-state index in [4.69, 9.17) is 14.6 Å². The van der Waals surface area contributed by atoms with E-state index in [-0.39, 0.29) is 42.4 Å². The molecule has 0 spiro atoms. The zero-order valence-corrected chi connectivity index (χ0v) is 15.5. The fraction of sp³-hybridized carbons (Fsp3) is 0.895. The smallest absolute Gasteiger partial charge is 0.0982 e. The van der Waals surface area contributed by atoms with Gasteiger partial charge in [-0.15, -0.1) is 0 Å². The minimum Gasteiger partial charge on any atom is -0.392 e. The van der Waals surface area contributed by atoms with E-state index in [9.17, 15) is 5.11 Å². The number of hydrogen-bond donors (Lipinski definition) is 2. The van der Waals surface area contributed by atoms with E-state index < -0.39 is 5.60 Å². The summed E-state index contributed by atoms with van der Waals surface area (Å²) in [6, 6.07) is 0. The maximum atomic E-state index is 11.0. The monoisotopic (exact) mass is 326 g/mol. The minimum atomic E-state index is -0.727. The van der Waals surface area contributed by atoms with Crippen molar-refractivity contribution in [3.8, 4) is 0 Å². The van der Waals surface area contributed by atoms with Gasteiger partial charge in [-0.25, -0.2) is 0 Å². The summed E-state index contributed by atoms with van der Waals surface area (Å²) < 4.78 is 12.1. The van der Waals surface area contributed by atoms with Crippen LogP contribution in [0.5, 0.6) is 0 Å². The van der Waals surface area contributed by atoms with Gasteiger partial charge < -0.3 is 19.7 Å². The predicted molar refractivity (Wildman–Crippen MR) is 91.3 cm³/mol. The van der Waals surface area contributed by atoms with Crippen LogP contribution in [-0.2, 0) is 9.47 Å². The maximum absolute atomic E-state index is 11.0. The highest BCUT2D eigenvalue weighted by molar-refractivity contribution is 5.15. The van der Waals surface area contributed by atoms with Crippen molar-refractivity contribution in [2.24, 2.45) is 11.8 Å². The predicted octanol–water partition coefficient (Wildman–Crippen LogP) is 3.06. The number of epoxide rings is 1. The maximum Gasteiger partial charge on any atom is 0.0982 e. The Balaban J connectivity index is 2.11. The number of ether oxygens (including phenoxy) is 2. The molecule has 4 heteroatoms. The molecule has 6 atom stereocenters. The standard InChI is InChI=1S/C19H34O4/c1-12(2)22-15-9-10-18(5,21)17(14(15)4)19(6)16(23-19)8-7-13(3)11-20/h7,12,14-17,20-21H,8-11H2,1-6H3/b13-7+/t14-,15-,16-,17?,18-,19?/m1/s1. The van der Waals surface area contributed by atoms with Crippen molar-refractivity contribution in [3.05, 3.63) is 11.6 Å². The van der Waals surface area contributed by atoms with Crippen LogP contribution in [0.25, 0.3) is 0 Å². The summed E-state index contributed by atoms with van der Waals surface area (Å²) in [6.07, 6.45) is 4.96. The van der Waals surface area contributed by atoms with E-state index in [0.29, 0.717) is 0 Å². The molecule has 2 N–H and O–H groups in total. The summed E-state index contributed by atoms with van der Waals surface area (Å²) in [5, 5.41) is 20.1. The summed E-state index contributed by atoms with van der Waals surface area (Å²) >= 11 is 0. The number of hydrogen-bond acceptors (Lipinski definition) is 4. The molecule has 0 aromatic heterocycles. The third kappa shape index (κ3) is 3.98. The zero-order chi connectivity index (χ0) is 17.4. The molecule has 2 unspecified atom stereocenters. The average molecular weight is 326 g/mol. The van der Waals surface area contributed by atoms with Crippen LogP contribution >= 0.6 is 0 Å². The second-order valence-corrected chi connectivity index (χ2v) is 8.19. The molecule has 1 aliphatic heterocycles. The van der Waals surface area contributed by atoms with E-state index in [1.165, 1.54) is 0 Å². The van der Waals surface area contributed by atoms with Crippen LogP contribution in [0.1, 0.15) is 60.8 Å². The molecule has 1 heterocycles. The highest BCUT2D eigenvalue weighted by atomic mass is 16.6. The van der Waals surface area contributed by atoms with Gasteiger partial charge >= 0.3 is 0 Å². The van der Waals surface area contributed by atoms with Crippen LogP contribution in [0.4, 0.5) is 0 Å². The van der Waals surface area contributed by atoms with Crippen molar-refractivity contribution in [3.63, 3.8) is 0 Å². The molecule has 2 aliphatic rings. The van der Waals surface area contributed by atoms with Crippen LogP contribution in [0, 0.1) is 11.8 Å². The molecule has 0 amide bonds. The lowest BCUT2D eigenvalue weighted by molar-refractivity contribution is -0.149. The van der Waals surface area contributed by atoms with Gasteiger partial charge in [-0.1, -0.05) is 18.6 Å². The van der Waals surface area contributed by atoms with Crippen molar-refractivity contribution in [2.75, 3.05) is 6.61 Å². The summed E-state index contributed by atoms with van der Waals surface area (Å²) in [6.45, 7) is 12.4. The second-order valence-electron chi connectivity index (χ2n) is 8.19. The third-order valence-electron chi connectivity index (χ3n) is 5.69. The molecule has 2 rings (SSSR count). The Morgan fingerprint density at radius 1 is 1.39 bits per heavy atom. The Bertz CT molecular complexity index is 443. The summed E-state index contributed by atoms with van der Waals surface area (Å²) in [4.78, 5) is 0. The van der Waals surface area contributed by atoms with Gasteiger partial charge in [0.1, 0.15) is 0 Å². The van der Waals surface area contributed by atoms with E-state index >= 15 is 0 Å². The SMILES string of the molecule is C/C(=C\C[C@H]1OC1(C)C1[C@H](C)[C@H](OC(C)C)CC[C@@]1(C)O)CO. The highest BCUT2D eigenvalue weighted by Crippen LogP contribution is 2.55. The molecule has 2 fully saturated rings. The van der Waals surface area contributed by atoms with E-state index in [1.54, 1.807) is 0 Å². The zero-order valence-electron chi connectivity index (χ0n) is 15.5. The summed E-state index contributed by atoms with van der Waals surface area (Å²) in [7, 11) is 0. The molecule has 23 heavy (non-hydrogen) atoms. The Morgan fingerprint density at radius 2 is 2.04 bits per heavy atom. The first kappa shape index (κ1) is 18.9. The van der Waals surface area contributed by atoms with E-state index in [0.717, 1.165) is 24.8 Å². The van der Waals surface area contributed by atoms with Crippen molar-refractivity contribution < 1.29 is 19.7 Å². The first-order valence-corrected chi connectivity index (χ1v) is 8.94. The summed E-state index contributed by atoms with van der Waals surface area (Å²) in [5.41, 5.74) is -0.0729. The van der Waals surface area contributed by atoms with Gasteiger partial charge in [0.05, 0.1) is 36.1 Å². The largest absolute Gasteiger partial charge is 0.392 e. The van der Waals surface area contributed by atoms with Gasteiger partial charge in [0, 0.05) is 5.92 Å². The van der Waals surface area contributed by atoms with Crippen LogP contribution in [-0.4, -0.2) is 46.3 Å². The number of aliphatic hydroxyl groups is 2. The van der Waals surface area contributed by atoms with Gasteiger partial charge in [0.25, 0.3) is 0 Å². The quantitative estimate of drug-likeness (QED) is 0.582. The highest BCUT2D eigenvalue weighted by Gasteiger charge is 2.64. The fourth-order valence-corrected chi connectivity index (χ4v) is 4.52. The topological polar surface area (TPSA) is 62.2 Å². The molecule has 1 saturated carbocycles. The first-order valence-electron chi connectivity index (χ1n) is 8.94. The van der Waals surface area contributed by atoms with Crippen LogP contribution in [0.3, 0.4) is 0 Å². The lowest BCUT2D eigenvalue weighted by Gasteiger charge is -2.48. The fourth-order valence-electron chi connectivity index (χ4n) is 4.52. The Morgan fingerprint density at radius 3 is 2.61 bits per heavy atom. The number of rotatable bonds is 6. The molecular weight excluding hydrogens is 292 g/mol. The van der Waals surface area contributed by atoms with Crippen LogP contribution in [0.15, 0.2) is 11.6 Å². The van der Waals surface area contributed by atoms with Gasteiger partial charge in [-0.2, -0.15) is 0 Å². The third-order valence-corrected chi connectivity index (χ3v) is 5.69. The molecule has 134 valence electrons. The van der Waals surface area contributed by atoms with Crippen molar-refractivity contribution in [1.82, 2.24) is 0 Å². The molecule has 0 aromatic carbocycles. The molecule has 1 aliphatic carbocycles. The van der Waals surface area contributed by atoms with E-state index in [1.807, 2.05) is 19.9 Å². The van der Waals surface area contributed by atoms with E-state index in [2.05, 4.69) is 27.7 Å². The lowest BCUT2D eigenvalue weighted by Crippen LogP contribution is -2.54. The van der Waals surface area contributed by atoms with Crippen LogP contribution < -0.4 is 0 Å². The molecule has 1 saturated heterocycles. The Labute approximate surface area is 140 Å². The van der Waals surface area contributed by atoms with Crippen molar-refractivity contribution >= 4 is 0 Å². The van der Waals surface area contributed by atoms with Gasteiger partial charge in [-0.05, 0) is 59.8 Å². The first-order chi connectivity index (χ1) is 10.6. The van der Waals surface area contributed by atoms with Crippen LogP contribution in [0.2, 0.25) is 0 Å². The minimum absolute atomic E-state index is 0.0559. The average Bonchev–Trinajstić information content (AvgIpc) is 3.09. The molecule has 0 aromatic rings. The van der Waals surface area contributed by atoms with Gasteiger partial charge in [0.15, 0.2) is 0 Å².